The van der Waals surface area contributed by atoms with Crippen LogP contribution >= 0.6 is 23.9 Å². The smallest absolute Gasteiger partial charge is 0.488 e. The monoisotopic (exact) mass is 1040 g/mol. The first kappa shape index (κ1) is 54.1. The number of aromatic nitrogens is 2. The lowest BCUT2D eigenvalue weighted by molar-refractivity contribution is 0.416. The molecule has 0 radical (unpaired) electrons. The van der Waals surface area contributed by atoms with E-state index < -0.39 is 7.12 Å². The van der Waals surface area contributed by atoms with Gasteiger partial charge in [-0.25, -0.2) is 0 Å². The van der Waals surface area contributed by atoms with Gasteiger partial charge in [-0.3, -0.25) is 9.97 Å². The van der Waals surface area contributed by atoms with Crippen molar-refractivity contribution < 1.29 is 14.8 Å². The summed E-state index contributed by atoms with van der Waals surface area (Å²) in [5.41, 5.74) is 17.8. The van der Waals surface area contributed by atoms with E-state index in [4.69, 9.17) is 14.8 Å². The molecule has 2 aliphatic carbocycles. The molecule has 2 aliphatic rings. The molecule has 2 aromatic heterocycles. The first-order valence-electron chi connectivity index (χ1n) is 25.7. The second kappa shape index (κ2) is 27.4. The topological polar surface area (TPSA) is 75.5 Å². The first-order valence-corrected chi connectivity index (χ1v) is 28.0. The summed E-state index contributed by atoms with van der Waals surface area (Å²) < 4.78 is 6.82. The minimum Gasteiger partial charge on any atom is -0.496 e. The van der Waals surface area contributed by atoms with Crippen molar-refractivity contribution in [3.05, 3.63) is 208 Å². The highest BCUT2D eigenvalue weighted by Gasteiger charge is 2.34. The molecule has 0 amide bonds. The van der Waals surface area contributed by atoms with Gasteiger partial charge in [-0.2, -0.15) is 0 Å². The van der Waals surface area contributed by atoms with Crippen LogP contribution in [0.2, 0.25) is 0 Å². The minimum absolute atomic E-state index is 0.122. The van der Waals surface area contributed by atoms with E-state index in [1.54, 1.807) is 5.30 Å². The molecule has 72 heavy (non-hydrogen) atoms. The Bertz CT molecular complexity index is 2840. The van der Waals surface area contributed by atoms with Gasteiger partial charge in [0.25, 0.3) is 0 Å². The van der Waals surface area contributed by atoms with E-state index in [-0.39, 0.29) is 7.92 Å². The van der Waals surface area contributed by atoms with E-state index >= 15 is 0 Å². The Kier molecular flexibility index (Phi) is 20.6. The number of benzene rings is 6. The first-order chi connectivity index (χ1) is 35.0. The average molecular weight is 1040 g/mol. The number of pyridine rings is 2. The third-order valence-electron chi connectivity index (χ3n) is 14.0. The van der Waals surface area contributed by atoms with Crippen LogP contribution in [0.4, 0.5) is 0 Å². The van der Waals surface area contributed by atoms with Crippen molar-refractivity contribution in [2.45, 2.75) is 110 Å². The Balaban J connectivity index is 0.000000151. The molecular formula is C64H71BBrN2O3P. The van der Waals surface area contributed by atoms with Crippen LogP contribution in [0.25, 0.3) is 44.8 Å². The predicted octanol–water partition coefficient (Wildman–Crippen LogP) is 16.0. The van der Waals surface area contributed by atoms with Crippen molar-refractivity contribution in [1.29, 1.82) is 0 Å². The van der Waals surface area contributed by atoms with Crippen molar-refractivity contribution in [3.63, 3.8) is 0 Å². The lowest BCUT2D eigenvalue weighted by atomic mass is 9.74. The van der Waals surface area contributed by atoms with E-state index in [2.05, 4.69) is 144 Å². The van der Waals surface area contributed by atoms with Gasteiger partial charge in [0, 0.05) is 39.1 Å². The molecule has 2 heterocycles. The van der Waals surface area contributed by atoms with Gasteiger partial charge in [-0.05, 0) is 150 Å². The minimum atomic E-state index is -1.35. The largest absolute Gasteiger partial charge is 0.496 e. The fourth-order valence-corrected chi connectivity index (χ4v) is 14.6. The summed E-state index contributed by atoms with van der Waals surface area (Å²) in [6.45, 7) is 10.3. The fourth-order valence-electron chi connectivity index (χ4n) is 10.5. The van der Waals surface area contributed by atoms with E-state index in [9.17, 15) is 0 Å². The number of hydrogen-bond acceptors (Lipinski definition) is 5. The van der Waals surface area contributed by atoms with Crippen LogP contribution in [0, 0.1) is 34.6 Å². The maximum Gasteiger partial charge on any atom is 0.488 e. The van der Waals surface area contributed by atoms with Gasteiger partial charge in [0.2, 0.25) is 0 Å². The number of methoxy groups -OCH3 is 1. The van der Waals surface area contributed by atoms with Gasteiger partial charge in [-0.1, -0.05) is 197 Å². The average Bonchev–Trinajstić information content (AvgIpc) is 3.41. The number of hydrogen-bond donors (Lipinski definition) is 2. The van der Waals surface area contributed by atoms with Gasteiger partial charge >= 0.3 is 7.12 Å². The standard InChI is InChI=1S/C26H35OP.C19H17N.C11H8BrN.C8H11BO2/c1-20-12-11-18-24(27-2)26(20)23-17-9-10-19-25(23)28(21-13-5-3-6-14-21)22-15-7-4-8-16-22;1-14-7-6-8-15(2)19(14)17-11-12-18(20-13-17)16-9-4-3-5-10-16;12-10-6-7-11(13-8-10)9-4-2-1-3-5-9;1-6-4-3-5-7(2)8(6)9(10)11/h9-12,17-19,21-22H,3-8,13-16H2,1-2H3;3-13H,1-2H3;1-8H;3-5,10-11H,1-2H3. The molecule has 0 saturated heterocycles. The lowest BCUT2D eigenvalue weighted by Gasteiger charge is -2.39. The molecule has 370 valence electrons. The third-order valence-corrected chi connectivity index (χ3v) is 18.1. The molecule has 5 nitrogen and oxygen atoms in total. The zero-order chi connectivity index (χ0) is 50.8. The van der Waals surface area contributed by atoms with Gasteiger partial charge < -0.3 is 14.8 Å². The zero-order valence-corrected chi connectivity index (χ0v) is 45.5. The number of halogens is 1. The van der Waals surface area contributed by atoms with Crippen molar-refractivity contribution in [2.75, 3.05) is 7.11 Å². The quantitative estimate of drug-likeness (QED) is 0.111. The zero-order valence-electron chi connectivity index (χ0n) is 43.1. The van der Waals surface area contributed by atoms with Gasteiger partial charge in [0.05, 0.1) is 18.5 Å². The van der Waals surface area contributed by atoms with Crippen LogP contribution in [0.5, 0.6) is 5.75 Å². The molecule has 6 aromatic carbocycles. The molecule has 10 rings (SSSR count). The SMILES string of the molecule is Brc1ccc(-c2ccccc2)nc1.COc1cccc(C)c1-c1ccccc1P(C1CCCCC1)C1CCCCC1.Cc1cccc(C)c1-c1ccc(-c2ccccc2)nc1.Cc1cccc(C)c1B(O)O. The summed E-state index contributed by atoms with van der Waals surface area (Å²) in [5.74, 6) is 1.02. The number of rotatable bonds is 9. The van der Waals surface area contributed by atoms with E-state index in [0.717, 1.165) is 55.2 Å². The summed E-state index contributed by atoms with van der Waals surface area (Å²) in [7, 11) is 0.339. The molecule has 0 aliphatic heterocycles. The second-order valence-corrected chi connectivity index (χ2v) is 22.8. The Morgan fingerprint density at radius 2 is 0.931 bits per heavy atom. The van der Waals surface area contributed by atoms with E-state index in [1.165, 1.54) is 103 Å². The maximum absolute atomic E-state index is 8.94. The number of ether oxygens (including phenoxy) is 1. The molecule has 0 spiro atoms. The normalized spacial score (nSPS) is 13.6. The van der Waals surface area contributed by atoms with Crippen LogP contribution in [0.15, 0.2) is 181 Å². The molecule has 8 aromatic rings. The second-order valence-electron chi connectivity index (χ2n) is 19.1. The number of nitrogens with zero attached hydrogens (tertiary/aromatic N) is 2. The summed E-state index contributed by atoms with van der Waals surface area (Å²) in [6, 6.07) is 56.5. The summed E-state index contributed by atoms with van der Waals surface area (Å²) >= 11 is 3.36. The highest BCUT2D eigenvalue weighted by molar-refractivity contribution is 9.10. The third kappa shape index (κ3) is 14.5. The highest BCUT2D eigenvalue weighted by Crippen LogP contribution is 2.56. The highest BCUT2D eigenvalue weighted by atomic mass is 79.9. The molecule has 0 unspecified atom stereocenters. The maximum atomic E-state index is 8.94. The Hall–Kier alpha value is -5.69. The molecule has 0 atom stereocenters. The Labute approximate surface area is 440 Å². The molecule has 2 saturated carbocycles. The fraction of sp³-hybridized carbons (Fsp3) is 0.281. The van der Waals surface area contributed by atoms with Gasteiger partial charge in [0.1, 0.15) is 5.75 Å². The van der Waals surface area contributed by atoms with Crippen molar-refractivity contribution in [1.82, 2.24) is 9.97 Å². The van der Waals surface area contributed by atoms with Crippen LogP contribution in [-0.4, -0.2) is 45.6 Å². The predicted molar refractivity (Wildman–Crippen MR) is 311 cm³/mol. The molecular weight excluding hydrogens is 966 g/mol. The van der Waals surface area contributed by atoms with E-state index in [1.807, 2.05) is 100 Å². The number of aryl methyl sites for hydroxylation is 5. The molecule has 2 N–H and O–H groups in total. The molecule has 0 bridgehead atoms. The van der Waals surface area contributed by atoms with Crippen molar-refractivity contribution in [2.24, 2.45) is 0 Å². The Morgan fingerprint density at radius 1 is 0.472 bits per heavy atom. The lowest BCUT2D eigenvalue weighted by Crippen LogP contribution is -2.34. The van der Waals surface area contributed by atoms with Crippen molar-refractivity contribution >= 4 is 41.7 Å². The van der Waals surface area contributed by atoms with Crippen LogP contribution in [0.1, 0.15) is 92.0 Å². The molecule has 8 heteroatoms. The van der Waals surface area contributed by atoms with Gasteiger partial charge in [-0.15, -0.1) is 0 Å². The van der Waals surface area contributed by atoms with Gasteiger partial charge in [0.15, 0.2) is 0 Å². The van der Waals surface area contributed by atoms with Crippen LogP contribution in [-0.2, 0) is 0 Å². The molecule has 2 fully saturated rings. The van der Waals surface area contributed by atoms with Crippen molar-refractivity contribution in [3.8, 4) is 50.5 Å². The van der Waals surface area contributed by atoms with E-state index in [0.29, 0.717) is 5.46 Å². The summed E-state index contributed by atoms with van der Waals surface area (Å²) in [4.78, 5) is 8.91. The van der Waals surface area contributed by atoms with Crippen LogP contribution in [0.3, 0.4) is 0 Å². The summed E-state index contributed by atoms with van der Waals surface area (Å²) in [5, 5.41) is 19.5. The van der Waals surface area contributed by atoms with Crippen LogP contribution < -0.4 is 15.5 Å². The Morgan fingerprint density at radius 3 is 1.39 bits per heavy atom. The summed E-state index contributed by atoms with van der Waals surface area (Å²) in [6.07, 6.45) is 18.2.